The molecule has 0 heterocycles. The van der Waals surface area contributed by atoms with E-state index in [0.717, 1.165) is 10.6 Å². The van der Waals surface area contributed by atoms with Crippen LogP contribution in [0.2, 0.25) is 0 Å². The fourth-order valence-corrected chi connectivity index (χ4v) is 4.26. The molecule has 0 aliphatic rings. The lowest BCUT2D eigenvalue weighted by atomic mass is 10.1. The molecule has 0 unspecified atom stereocenters. The molecule has 164 valence electrons. The number of methoxy groups -OCH3 is 2. The fraction of sp³-hybridized carbons (Fsp3) is 0.381. The van der Waals surface area contributed by atoms with E-state index in [9.17, 15) is 13.2 Å². The summed E-state index contributed by atoms with van der Waals surface area (Å²) in [6.45, 7) is 4.11. The van der Waals surface area contributed by atoms with Gasteiger partial charge in [0, 0.05) is 6.07 Å². The minimum atomic E-state index is -3.74. The van der Waals surface area contributed by atoms with Gasteiger partial charge in [-0.3, -0.25) is 9.10 Å². The summed E-state index contributed by atoms with van der Waals surface area (Å²) >= 11 is 0. The molecule has 0 saturated carbocycles. The van der Waals surface area contributed by atoms with Crippen LogP contribution in [0, 0.1) is 0 Å². The maximum Gasteiger partial charge on any atom is 0.248 e. The highest BCUT2D eigenvalue weighted by atomic mass is 32.2. The largest absolute Gasteiger partial charge is 0.497 e. The van der Waals surface area contributed by atoms with Gasteiger partial charge in [0.25, 0.3) is 0 Å². The molecule has 0 aromatic heterocycles. The Labute approximate surface area is 177 Å². The number of sulfonamides is 1. The van der Waals surface area contributed by atoms with E-state index in [0.29, 0.717) is 35.2 Å². The third kappa shape index (κ3) is 5.56. The van der Waals surface area contributed by atoms with E-state index >= 15 is 0 Å². The number of amides is 1. The average molecular weight is 437 g/mol. The Hall–Kier alpha value is -2.94. The first kappa shape index (κ1) is 23.3. The zero-order valence-electron chi connectivity index (χ0n) is 17.8. The molecule has 2 aromatic rings. The van der Waals surface area contributed by atoms with Gasteiger partial charge in [0.05, 0.1) is 38.5 Å². The van der Waals surface area contributed by atoms with E-state index < -0.39 is 22.0 Å². The van der Waals surface area contributed by atoms with Gasteiger partial charge >= 0.3 is 0 Å². The van der Waals surface area contributed by atoms with Crippen LogP contribution in [0.25, 0.3) is 0 Å². The summed E-state index contributed by atoms with van der Waals surface area (Å²) < 4.78 is 42.2. The van der Waals surface area contributed by atoms with Gasteiger partial charge in [0.15, 0.2) is 0 Å². The Morgan fingerprint density at radius 3 is 2.17 bits per heavy atom. The minimum Gasteiger partial charge on any atom is -0.497 e. The lowest BCUT2D eigenvalue weighted by Crippen LogP contribution is -2.47. The maximum absolute atomic E-state index is 13.1. The van der Waals surface area contributed by atoms with Crippen molar-refractivity contribution in [1.82, 2.24) is 0 Å². The number of rotatable bonds is 10. The summed E-state index contributed by atoms with van der Waals surface area (Å²) in [5.41, 5.74) is 0.765. The van der Waals surface area contributed by atoms with Gasteiger partial charge in [-0.15, -0.1) is 0 Å². The smallest absolute Gasteiger partial charge is 0.248 e. The highest BCUT2D eigenvalue weighted by molar-refractivity contribution is 7.92. The Morgan fingerprint density at radius 1 is 1.03 bits per heavy atom. The van der Waals surface area contributed by atoms with Crippen molar-refractivity contribution in [3.8, 4) is 17.2 Å². The lowest BCUT2D eigenvalue weighted by molar-refractivity contribution is -0.117. The molecule has 0 saturated heterocycles. The van der Waals surface area contributed by atoms with Crippen molar-refractivity contribution in [2.75, 3.05) is 36.7 Å². The van der Waals surface area contributed by atoms with Crippen LogP contribution < -0.4 is 23.8 Å². The van der Waals surface area contributed by atoms with Crippen LogP contribution in [0.1, 0.15) is 20.3 Å². The standard InChI is InChI=1S/C21H28N2O6S/c1-6-19(21(24)22-18-14-17(27-3)12-13-20(18)28-4)23(30(5,25)26)15-8-10-16(11-9-15)29-7-2/h8-14,19H,6-7H2,1-5H3,(H,22,24)/t19-/m1/s1. The van der Waals surface area contributed by atoms with Crippen LogP contribution in [0.4, 0.5) is 11.4 Å². The van der Waals surface area contributed by atoms with E-state index in [1.165, 1.54) is 14.2 Å². The summed E-state index contributed by atoms with van der Waals surface area (Å²) in [6.07, 6.45) is 1.34. The second-order valence-electron chi connectivity index (χ2n) is 6.47. The number of nitrogens with zero attached hydrogens (tertiary/aromatic N) is 1. The number of hydrogen-bond donors (Lipinski definition) is 1. The van der Waals surface area contributed by atoms with Gasteiger partial charge in [0.1, 0.15) is 23.3 Å². The number of benzene rings is 2. The van der Waals surface area contributed by atoms with E-state index in [-0.39, 0.29) is 6.42 Å². The molecule has 0 fully saturated rings. The van der Waals surface area contributed by atoms with E-state index in [4.69, 9.17) is 14.2 Å². The fourth-order valence-electron chi connectivity index (χ4n) is 3.04. The quantitative estimate of drug-likeness (QED) is 0.614. The third-order valence-electron chi connectivity index (χ3n) is 4.40. The Bertz CT molecular complexity index is 960. The van der Waals surface area contributed by atoms with Crippen molar-refractivity contribution in [2.45, 2.75) is 26.3 Å². The molecule has 2 rings (SSSR count). The summed E-state index contributed by atoms with van der Waals surface area (Å²) in [7, 11) is -0.747. The highest BCUT2D eigenvalue weighted by Crippen LogP contribution is 2.30. The molecule has 0 radical (unpaired) electrons. The number of nitrogens with one attached hydrogen (secondary N) is 1. The molecule has 1 atom stereocenters. The zero-order valence-corrected chi connectivity index (χ0v) is 18.7. The molecule has 0 spiro atoms. The second kappa shape index (κ2) is 10.2. The van der Waals surface area contributed by atoms with Gasteiger partial charge < -0.3 is 19.5 Å². The summed E-state index contributed by atoms with van der Waals surface area (Å²) in [4.78, 5) is 13.1. The van der Waals surface area contributed by atoms with Crippen molar-refractivity contribution in [2.24, 2.45) is 0 Å². The van der Waals surface area contributed by atoms with Gasteiger partial charge in [-0.05, 0) is 49.7 Å². The molecule has 9 heteroatoms. The van der Waals surface area contributed by atoms with Crippen LogP contribution >= 0.6 is 0 Å². The van der Waals surface area contributed by atoms with Gasteiger partial charge in [0.2, 0.25) is 15.9 Å². The predicted octanol–water partition coefficient (Wildman–Crippen LogP) is 3.29. The summed E-state index contributed by atoms with van der Waals surface area (Å²) in [6, 6.07) is 10.6. The normalized spacial score (nSPS) is 12.0. The molecular formula is C21H28N2O6S. The van der Waals surface area contributed by atoms with Gasteiger partial charge in [-0.1, -0.05) is 6.92 Å². The maximum atomic E-state index is 13.1. The predicted molar refractivity (Wildman–Crippen MR) is 117 cm³/mol. The van der Waals surface area contributed by atoms with Crippen molar-refractivity contribution < 1.29 is 27.4 Å². The van der Waals surface area contributed by atoms with Gasteiger partial charge in [-0.2, -0.15) is 0 Å². The molecule has 30 heavy (non-hydrogen) atoms. The number of hydrogen-bond acceptors (Lipinski definition) is 6. The van der Waals surface area contributed by atoms with E-state index in [1.807, 2.05) is 6.92 Å². The minimum absolute atomic E-state index is 0.262. The van der Waals surface area contributed by atoms with Crippen LogP contribution in [0.5, 0.6) is 17.2 Å². The first-order chi connectivity index (χ1) is 14.2. The van der Waals surface area contributed by atoms with Crippen molar-refractivity contribution >= 4 is 27.3 Å². The van der Waals surface area contributed by atoms with Crippen LogP contribution in [-0.4, -0.2) is 47.4 Å². The SMILES string of the molecule is CCOc1ccc(N([C@H](CC)C(=O)Nc2cc(OC)ccc2OC)S(C)(=O)=O)cc1. The molecule has 1 N–H and O–H groups in total. The molecular weight excluding hydrogens is 408 g/mol. The third-order valence-corrected chi connectivity index (χ3v) is 5.58. The highest BCUT2D eigenvalue weighted by Gasteiger charge is 2.32. The van der Waals surface area contributed by atoms with E-state index in [2.05, 4.69) is 5.32 Å². The summed E-state index contributed by atoms with van der Waals surface area (Å²) in [5.74, 6) is 1.10. The van der Waals surface area contributed by atoms with Crippen LogP contribution in [-0.2, 0) is 14.8 Å². The topological polar surface area (TPSA) is 94.2 Å². The number of carbonyl (C=O) groups excluding carboxylic acids is 1. The summed E-state index contributed by atoms with van der Waals surface area (Å²) in [5, 5.41) is 2.77. The number of anilines is 2. The second-order valence-corrected chi connectivity index (χ2v) is 8.32. The first-order valence-corrected chi connectivity index (χ1v) is 11.3. The van der Waals surface area contributed by atoms with Crippen molar-refractivity contribution in [3.05, 3.63) is 42.5 Å². The first-order valence-electron chi connectivity index (χ1n) is 9.50. The van der Waals surface area contributed by atoms with E-state index in [1.54, 1.807) is 49.4 Å². The van der Waals surface area contributed by atoms with Crippen LogP contribution in [0.15, 0.2) is 42.5 Å². The average Bonchev–Trinajstić information content (AvgIpc) is 2.71. The van der Waals surface area contributed by atoms with Crippen molar-refractivity contribution in [1.29, 1.82) is 0 Å². The monoisotopic (exact) mass is 436 g/mol. The van der Waals surface area contributed by atoms with Gasteiger partial charge in [-0.25, -0.2) is 8.42 Å². The molecule has 0 aliphatic heterocycles. The Morgan fingerprint density at radius 2 is 1.67 bits per heavy atom. The van der Waals surface area contributed by atoms with Crippen LogP contribution in [0.3, 0.4) is 0 Å². The lowest BCUT2D eigenvalue weighted by Gasteiger charge is -2.30. The number of ether oxygens (including phenoxy) is 3. The molecule has 8 nitrogen and oxygen atoms in total. The molecule has 2 aromatic carbocycles. The Balaban J connectivity index is 2.39. The zero-order chi connectivity index (χ0) is 22.3. The van der Waals surface area contributed by atoms with Crippen molar-refractivity contribution in [3.63, 3.8) is 0 Å². The Kier molecular flexibility index (Phi) is 7.93. The number of carbonyl (C=O) groups is 1. The molecule has 0 bridgehead atoms. The molecule has 0 aliphatic carbocycles. The molecule has 1 amide bonds.